The number of carbonyl (C=O) groups excluding carboxylic acids is 2. The molecular formula is C13H14O6. The summed E-state index contributed by atoms with van der Waals surface area (Å²) in [5.41, 5.74) is -1.39. The Morgan fingerprint density at radius 2 is 1.79 bits per heavy atom. The average Bonchev–Trinajstić information content (AvgIpc) is 2.68. The molecule has 0 amide bonds. The minimum absolute atomic E-state index is 0.131. The van der Waals surface area contributed by atoms with Crippen molar-refractivity contribution < 1.29 is 28.9 Å². The summed E-state index contributed by atoms with van der Waals surface area (Å²) in [6.07, 6.45) is -0.131. The molecule has 1 aliphatic carbocycles. The zero-order valence-corrected chi connectivity index (χ0v) is 10.9. The maximum atomic E-state index is 12.1. The Bertz CT molecular complexity index is 550. The number of ketones is 1. The lowest BCUT2D eigenvalue weighted by molar-refractivity contribution is -0.156. The molecule has 19 heavy (non-hydrogen) atoms. The highest BCUT2D eigenvalue weighted by Crippen LogP contribution is 2.38. The molecule has 102 valence electrons. The van der Waals surface area contributed by atoms with E-state index in [4.69, 9.17) is 9.47 Å². The van der Waals surface area contributed by atoms with Gasteiger partial charge in [0.2, 0.25) is 11.4 Å². The quantitative estimate of drug-likeness (QED) is 0.628. The van der Waals surface area contributed by atoms with E-state index in [1.165, 1.54) is 20.3 Å². The maximum Gasteiger partial charge on any atom is 0.346 e. The van der Waals surface area contributed by atoms with Gasteiger partial charge in [-0.1, -0.05) is 0 Å². The van der Waals surface area contributed by atoms with Crippen LogP contribution < -0.4 is 9.47 Å². The number of methoxy groups -OCH3 is 3. The molecule has 0 radical (unpaired) electrons. The Hall–Kier alpha value is -2.08. The summed E-state index contributed by atoms with van der Waals surface area (Å²) in [7, 11) is 4.03. The fraction of sp³-hybridized carbons (Fsp3) is 0.385. The summed E-state index contributed by atoms with van der Waals surface area (Å²) in [6, 6.07) is 3.03. The van der Waals surface area contributed by atoms with E-state index in [1.807, 2.05) is 0 Å². The molecule has 0 spiro atoms. The lowest BCUT2D eigenvalue weighted by atomic mass is 10.00. The van der Waals surface area contributed by atoms with Gasteiger partial charge < -0.3 is 19.3 Å². The Morgan fingerprint density at radius 3 is 2.32 bits per heavy atom. The molecule has 0 unspecified atom stereocenters. The first-order chi connectivity index (χ1) is 8.97. The fourth-order valence-corrected chi connectivity index (χ4v) is 2.19. The highest BCUT2D eigenvalue weighted by molar-refractivity contribution is 6.18. The first-order valence-electron chi connectivity index (χ1n) is 5.58. The smallest absolute Gasteiger partial charge is 0.346 e. The Morgan fingerprint density at radius 1 is 1.21 bits per heavy atom. The summed E-state index contributed by atoms with van der Waals surface area (Å²) >= 11 is 0. The number of hydrogen-bond donors (Lipinski definition) is 1. The van der Waals surface area contributed by atoms with E-state index in [0.717, 1.165) is 7.11 Å². The van der Waals surface area contributed by atoms with Crippen molar-refractivity contribution in [2.24, 2.45) is 0 Å². The third-order valence-electron chi connectivity index (χ3n) is 3.20. The van der Waals surface area contributed by atoms with Gasteiger partial charge in [-0.25, -0.2) is 4.79 Å². The zero-order valence-electron chi connectivity index (χ0n) is 10.9. The van der Waals surface area contributed by atoms with Gasteiger partial charge in [-0.2, -0.15) is 0 Å². The number of fused-ring (bicyclic) bond motifs is 1. The molecule has 2 rings (SSSR count). The van der Waals surface area contributed by atoms with Gasteiger partial charge in [-0.3, -0.25) is 4.79 Å². The number of carbonyl (C=O) groups is 2. The SMILES string of the molecule is COC(=O)[C@@]1(O)Cc2cc(OC)c(OC)cc2C1=O. The largest absolute Gasteiger partial charge is 0.493 e. The molecule has 1 aromatic carbocycles. The molecule has 1 aliphatic rings. The summed E-state index contributed by atoms with van der Waals surface area (Å²) in [5.74, 6) is -0.853. The summed E-state index contributed by atoms with van der Waals surface area (Å²) < 4.78 is 14.7. The lowest BCUT2D eigenvalue weighted by Gasteiger charge is -2.16. The number of aliphatic hydroxyl groups is 1. The molecule has 0 saturated carbocycles. The van der Waals surface area contributed by atoms with Crippen LogP contribution in [-0.2, 0) is 16.0 Å². The van der Waals surface area contributed by atoms with Gasteiger partial charge in [-0.05, 0) is 17.7 Å². The molecule has 1 N–H and O–H groups in total. The molecular weight excluding hydrogens is 252 g/mol. The van der Waals surface area contributed by atoms with Crippen molar-refractivity contribution in [3.8, 4) is 11.5 Å². The highest BCUT2D eigenvalue weighted by atomic mass is 16.5. The Balaban J connectivity index is 2.52. The number of hydrogen-bond acceptors (Lipinski definition) is 6. The first-order valence-corrected chi connectivity index (χ1v) is 5.58. The predicted octanol–water partition coefficient (Wildman–Crippen LogP) is 0.347. The molecule has 1 aromatic rings. The van der Waals surface area contributed by atoms with Gasteiger partial charge in [0.25, 0.3) is 0 Å². The minimum atomic E-state index is -2.16. The summed E-state index contributed by atoms with van der Waals surface area (Å²) in [4.78, 5) is 23.7. The predicted molar refractivity (Wildman–Crippen MR) is 64.5 cm³/mol. The number of ether oxygens (including phenoxy) is 3. The van der Waals surface area contributed by atoms with E-state index < -0.39 is 17.4 Å². The summed E-state index contributed by atoms with van der Waals surface area (Å²) in [5, 5.41) is 10.2. The topological polar surface area (TPSA) is 82.1 Å². The van der Waals surface area contributed by atoms with Crippen LogP contribution in [0.3, 0.4) is 0 Å². The second kappa shape index (κ2) is 4.55. The van der Waals surface area contributed by atoms with E-state index in [2.05, 4.69) is 4.74 Å². The van der Waals surface area contributed by atoms with E-state index in [1.54, 1.807) is 6.07 Å². The van der Waals surface area contributed by atoms with Crippen molar-refractivity contribution in [3.63, 3.8) is 0 Å². The lowest BCUT2D eigenvalue weighted by Crippen LogP contribution is -2.45. The average molecular weight is 266 g/mol. The third-order valence-corrected chi connectivity index (χ3v) is 3.20. The second-order valence-electron chi connectivity index (χ2n) is 4.22. The molecule has 0 heterocycles. The van der Waals surface area contributed by atoms with Crippen molar-refractivity contribution in [1.82, 2.24) is 0 Å². The van der Waals surface area contributed by atoms with Crippen molar-refractivity contribution in [2.75, 3.05) is 21.3 Å². The second-order valence-corrected chi connectivity index (χ2v) is 4.22. The van der Waals surface area contributed by atoms with Crippen LogP contribution in [0.2, 0.25) is 0 Å². The Labute approximate surface area is 109 Å². The van der Waals surface area contributed by atoms with Crippen LogP contribution >= 0.6 is 0 Å². The van der Waals surface area contributed by atoms with E-state index in [0.29, 0.717) is 17.1 Å². The number of Topliss-reactive ketones (excluding diaryl/α,β-unsaturated/α-hetero) is 1. The molecule has 0 bridgehead atoms. The number of rotatable bonds is 3. The van der Waals surface area contributed by atoms with Crippen LogP contribution in [0, 0.1) is 0 Å². The normalized spacial score (nSPS) is 20.9. The third kappa shape index (κ3) is 1.84. The van der Waals surface area contributed by atoms with Gasteiger partial charge in [0.05, 0.1) is 21.3 Å². The zero-order chi connectivity index (χ0) is 14.2. The van der Waals surface area contributed by atoms with E-state index in [-0.39, 0.29) is 12.0 Å². The van der Waals surface area contributed by atoms with Crippen molar-refractivity contribution in [1.29, 1.82) is 0 Å². The molecule has 6 heteroatoms. The molecule has 0 fully saturated rings. The minimum Gasteiger partial charge on any atom is -0.493 e. The van der Waals surface area contributed by atoms with E-state index in [9.17, 15) is 14.7 Å². The van der Waals surface area contributed by atoms with Crippen LogP contribution in [0.25, 0.3) is 0 Å². The van der Waals surface area contributed by atoms with E-state index >= 15 is 0 Å². The monoisotopic (exact) mass is 266 g/mol. The van der Waals surface area contributed by atoms with Crippen LogP contribution in [0.15, 0.2) is 12.1 Å². The molecule has 0 aliphatic heterocycles. The fourth-order valence-electron chi connectivity index (χ4n) is 2.19. The molecule has 0 saturated heterocycles. The molecule has 0 aromatic heterocycles. The Kier molecular flexibility index (Phi) is 3.20. The molecule has 1 atom stereocenters. The van der Waals surface area contributed by atoms with Crippen LogP contribution in [0.5, 0.6) is 11.5 Å². The van der Waals surface area contributed by atoms with Crippen molar-refractivity contribution in [3.05, 3.63) is 23.3 Å². The number of esters is 1. The van der Waals surface area contributed by atoms with Gasteiger partial charge in [0.1, 0.15) is 0 Å². The van der Waals surface area contributed by atoms with Crippen molar-refractivity contribution >= 4 is 11.8 Å². The van der Waals surface area contributed by atoms with Crippen LogP contribution in [0.4, 0.5) is 0 Å². The van der Waals surface area contributed by atoms with Crippen molar-refractivity contribution in [2.45, 2.75) is 12.0 Å². The maximum absolute atomic E-state index is 12.1. The number of benzene rings is 1. The van der Waals surface area contributed by atoms with Crippen LogP contribution in [0.1, 0.15) is 15.9 Å². The van der Waals surface area contributed by atoms with Gasteiger partial charge in [0, 0.05) is 12.0 Å². The first kappa shape index (κ1) is 13.4. The standard InChI is InChI=1S/C13H14O6/c1-17-9-4-7-6-13(16,12(15)19-3)11(14)8(7)5-10(9)18-2/h4-5,16H,6H2,1-3H3/t13-/m1/s1. The van der Waals surface area contributed by atoms with Crippen LogP contribution in [-0.4, -0.2) is 43.8 Å². The summed E-state index contributed by atoms with van der Waals surface area (Å²) in [6.45, 7) is 0. The molecule has 6 nitrogen and oxygen atoms in total. The highest BCUT2D eigenvalue weighted by Gasteiger charge is 2.51. The van der Waals surface area contributed by atoms with Gasteiger partial charge >= 0.3 is 5.97 Å². The van der Waals surface area contributed by atoms with Gasteiger partial charge in [-0.15, -0.1) is 0 Å². The van der Waals surface area contributed by atoms with Gasteiger partial charge in [0.15, 0.2) is 11.5 Å².